The summed E-state index contributed by atoms with van der Waals surface area (Å²) in [5.41, 5.74) is 0.0510. The summed E-state index contributed by atoms with van der Waals surface area (Å²) in [4.78, 5) is 16.1. The maximum Gasteiger partial charge on any atom is 0.315 e. The fraction of sp³-hybridized carbons (Fsp3) is 0.692. The third-order valence-electron chi connectivity index (χ3n) is 3.21. The molecule has 6 heteroatoms. The highest BCUT2D eigenvalue weighted by molar-refractivity contribution is 7.09. The van der Waals surface area contributed by atoms with Crippen LogP contribution in [0.2, 0.25) is 0 Å². The van der Waals surface area contributed by atoms with Gasteiger partial charge < -0.3 is 15.7 Å². The zero-order valence-electron chi connectivity index (χ0n) is 12.2. The van der Waals surface area contributed by atoms with E-state index in [0.29, 0.717) is 0 Å². The first kappa shape index (κ1) is 15.9. The number of carbonyl (C=O) groups excluding carboxylic acids is 1. The van der Waals surface area contributed by atoms with E-state index in [-0.39, 0.29) is 24.5 Å². The van der Waals surface area contributed by atoms with E-state index >= 15 is 0 Å². The number of urea groups is 1. The first-order valence-corrected chi connectivity index (χ1v) is 7.29. The van der Waals surface area contributed by atoms with Crippen LogP contribution >= 0.6 is 11.3 Å². The Balaban J connectivity index is 2.43. The largest absolute Gasteiger partial charge is 0.388 e. The van der Waals surface area contributed by atoms with Crippen molar-refractivity contribution < 1.29 is 9.90 Å². The summed E-state index contributed by atoms with van der Waals surface area (Å²) in [5.74, 6) is 0.0758. The number of carbonyl (C=O) groups is 1. The lowest BCUT2D eigenvalue weighted by Crippen LogP contribution is -2.47. The zero-order chi connectivity index (χ0) is 14.6. The highest BCUT2D eigenvalue weighted by Gasteiger charge is 2.25. The van der Waals surface area contributed by atoms with Gasteiger partial charge in [0, 0.05) is 17.6 Å². The van der Waals surface area contributed by atoms with Gasteiger partial charge in [-0.3, -0.25) is 0 Å². The normalized spacial score (nSPS) is 15.9. The molecule has 0 radical (unpaired) electrons. The zero-order valence-corrected chi connectivity index (χ0v) is 13.0. The molecular weight excluding hydrogens is 262 g/mol. The molecule has 0 aliphatic rings. The van der Waals surface area contributed by atoms with Gasteiger partial charge in [0.05, 0.1) is 11.6 Å². The summed E-state index contributed by atoms with van der Waals surface area (Å²) in [6, 6.07) is -0.427. The highest BCUT2D eigenvalue weighted by atomic mass is 32.1. The second-order valence-electron chi connectivity index (χ2n) is 5.39. The van der Waals surface area contributed by atoms with Crippen LogP contribution in [-0.2, 0) is 0 Å². The van der Waals surface area contributed by atoms with Crippen LogP contribution in [0.4, 0.5) is 4.79 Å². The van der Waals surface area contributed by atoms with Crippen molar-refractivity contribution >= 4 is 17.4 Å². The van der Waals surface area contributed by atoms with Crippen LogP contribution < -0.4 is 10.6 Å². The topological polar surface area (TPSA) is 74.2 Å². The molecule has 0 saturated carbocycles. The smallest absolute Gasteiger partial charge is 0.315 e. The van der Waals surface area contributed by atoms with Crippen LogP contribution in [0.3, 0.4) is 0 Å². The summed E-state index contributed by atoms with van der Waals surface area (Å²) >= 11 is 1.53. The maximum absolute atomic E-state index is 11.7. The number of hydrogen-bond donors (Lipinski definition) is 3. The van der Waals surface area contributed by atoms with E-state index in [2.05, 4.69) is 15.6 Å². The quantitative estimate of drug-likeness (QED) is 0.776. The lowest BCUT2D eigenvalue weighted by Gasteiger charge is -2.28. The first-order valence-electron chi connectivity index (χ1n) is 6.41. The van der Waals surface area contributed by atoms with Crippen LogP contribution in [0.25, 0.3) is 0 Å². The molecule has 0 fully saturated rings. The predicted molar refractivity (Wildman–Crippen MR) is 77.3 cm³/mol. The number of hydrogen-bond acceptors (Lipinski definition) is 4. The van der Waals surface area contributed by atoms with Crippen LogP contribution in [0.15, 0.2) is 5.38 Å². The van der Waals surface area contributed by atoms with Crippen LogP contribution in [-0.4, -0.2) is 28.3 Å². The molecule has 1 aromatic rings. The van der Waals surface area contributed by atoms with E-state index in [1.54, 1.807) is 6.92 Å². The molecule has 2 amide bonds. The second-order valence-corrected chi connectivity index (χ2v) is 6.28. The molecule has 0 bridgehead atoms. The van der Waals surface area contributed by atoms with Crippen molar-refractivity contribution in [1.82, 2.24) is 15.6 Å². The molecule has 2 unspecified atom stereocenters. The van der Waals surface area contributed by atoms with Crippen molar-refractivity contribution in [2.75, 3.05) is 6.54 Å². The van der Waals surface area contributed by atoms with Crippen LogP contribution in [0.5, 0.6) is 0 Å². The average molecular weight is 285 g/mol. The minimum Gasteiger partial charge on any atom is -0.388 e. The number of amides is 2. The lowest BCUT2D eigenvalue weighted by atomic mass is 9.93. The minimum atomic E-state index is -0.904. The number of thiazole rings is 1. The highest BCUT2D eigenvalue weighted by Crippen LogP contribution is 2.17. The van der Waals surface area contributed by atoms with E-state index in [1.807, 2.05) is 33.1 Å². The van der Waals surface area contributed by atoms with E-state index < -0.39 is 5.60 Å². The molecule has 1 aromatic heterocycles. The minimum absolute atomic E-state index is 0.0758. The number of aliphatic hydroxyl groups is 1. The summed E-state index contributed by atoms with van der Waals surface area (Å²) in [7, 11) is 0. The SMILES string of the molecule is Cc1csc(C(C)NC(=O)NCC(C)(O)C(C)C)n1. The molecule has 0 spiro atoms. The molecule has 108 valence electrons. The van der Waals surface area contributed by atoms with Crippen LogP contribution in [0.1, 0.15) is 44.4 Å². The van der Waals surface area contributed by atoms with Crippen molar-refractivity contribution in [1.29, 1.82) is 0 Å². The van der Waals surface area contributed by atoms with Crippen molar-refractivity contribution in [2.24, 2.45) is 5.92 Å². The van der Waals surface area contributed by atoms with Gasteiger partial charge in [0.15, 0.2) is 0 Å². The molecule has 0 aliphatic carbocycles. The maximum atomic E-state index is 11.7. The number of nitrogens with one attached hydrogen (secondary N) is 2. The standard InChI is InChI=1S/C13H23N3O2S/c1-8(2)13(5,18)7-14-12(17)16-10(4)11-15-9(3)6-19-11/h6,8,10,18H,7H2,1-5H3,(H2,14,16,17). The van der Waals surface area contributed by atoms with Crippen molar-refractivity contribution in [3.63, 3.8) is 0 Å². The average Bonchev–Trinajstić information content (AvgIpc) is 2.73. The van der Waals surface area contributed by atoms with E-state index in [4.69, 9.17) is 0 Å². The summed E-state index contributed by atoms with van der Waals surface area (Å²) in [6.07, 6.45) is 0. The van der Waals surface area contributed by atoms with Gasteiger partial charge in [0.1, 0.15) is 5.01 Å². The third-order valence-corrected chi connectivity index (χ3v) is 4.35. The Morgan fingerprint density at radius 1 is 1.53 bits per heavy atom. The van der Waals surface area contributed by atoms with Gasteiger partial charge in [0.2, 0.25) is 0 Å². The molecule has 3 N–H and O–H groups in total. The summed E-state index contributed by atoms with van der Waals surface area (Å²) in [5, 5.41) is 18.4. The summed E-state index contributed by atoms with van der Waals surface area (Å²) in [6.45, 7) is 9.58. The van der Waals surface area contributed by atoms with Gasteiger partial charge in [-0.15, -0.1) is 11.3 Å². The molecular formula is C13H23N3O2S. The van der Waals surface area contributed by atoms with Gasteiger partial charge in [-0.2, -0.15) is 0 Å². The Morgan fingerprint density at radius 3 is 2.63 bits per heavy atom. The molecule has 19 heavy (non-hydrogen) atoms. The number of aromatic nitrogens is 1. The monoisotopic (exact) mass is 285 g/mol. The molecule has 1 heterocycles. The van der Waals surface area contributed by atoms with E-state index in [1.165, 1.54) is 11.3 Å². The molecule has 2 atom stereocenters. The Bertz CT molecular complexity index is 429. The molecule has 0 aliphatic heterocycles. The van der Waals surface area contributed by atoms with Gasteiger partial charge >= 0.3 is 6.03 Å². The molecule has 5 nitrogen and oxygen atoms in total. The summed E-state index contributed by atoms with van der Waals surface area (Å²) < 4.78 is 0. The number of rotatable bonds is 5. The fourth-order valence-electron chi connectivity index (χ4n) is 1.34. The third kappa shape index (κ3) is 4.80. The van der Waals surface area contributed by atoms with Gasteiger partial charge in [-0.05, 0) is 26.7 Å². The van der Waals surface area contributed by atoms with E-state index in [9.17, 15) is 9.90 Å². The fourth-order valence-corrected chi connectivity index (χ4v) is 2.15. The number of aryl methyl sites for hydroxylation is 1. The van der Waals surface area contributed by atoms with Crippen molar-refractivity contribution in [2.45, 2.75) is 46.3 Å². The first-order chi connectivity index (χ1) is 8.72. The predicted octanol–water partition coefficient (Wildman–Crippen LogP) is 2.22. The van der Waals surface area contributed by atoms with E-state index in [0.717, 1.165) is 10.7 Å². The van der Waals surface area contributed by atoms with Gasteiger partial charge in [0.25, 0.3) is 0 Å². The second kappa shape index (κ2) is 6.34. The van der Waals surface area contributed by atoms with Gasteiger partial charge in [-0.25, -0.2) is 9.78 Å². The molecule has 0 aromatic carbocycles. The molecule has 0 saturated heterocycles. The Kier molecular flexibility index (Phi) is 5.31. The Labute approximate surface area is 118 Å². The molecule has 1 rings (SSSR count). The van der Waals surface area contributed by atoms with Crippen molar-refractivity contribution in [3.8, 4) is 0 Å². The van der Waals surface area contributed by atoms with Crippen LogP contribution in [0, 0.1) is 12.8 Å². The Hall–Kier alpha value is -1.14. The number of nitrogens with zero attached hydrogens (tertiary/aromatic N) is 1. The lowest BCUT2D eigenvalue weighted by molar-refractivity contribution is 0.0165. The Morgan fingerprint density at radius 2 is 2.16 bits per heavy atom. The van der Waals surface area contributed by atoms with Crippen molar-refractivity contribution in [3.05, 3.63) is 16.1 Å². The van der Waals surface area contributed by atoms with Gasteiger partial charge in [-0.1, -0.05) is 13.8 Å².